The number of aromatic nitrogens is 2. The van der Waals surface area contributed by atoms with Crippen LogP contribution in [0, 0.1) is 0 Å². The van der Waals surface area contributed by atoms with Crippen LogP contribution in [-0.2, 0) is 13.5 Å². The summed E-state index contributed by atoms with van der Waals surface area (Å²) in [5.74, 6) is 0. The fourth-order valence-electron chi connectivity index (χ4n) is 1.59. The Morgan fingerprint density at radius 3 is 2.80 bits per heavy atom. The van der Waals surface area contributed by atoms with Crippen molar-refractivity contribution >= 4 is 28.3 Å². The van der Waals surface area contributed by atoms with E-state index in [0.717, 1.165) is 16.3 Å². The molecule has 0 spiro atoms. The highest BCUT2D eigenvalue weighted by Gasteiger charge is 2.34. The molecule has 1 aliphatic heterocycles. The van der Waals surface area contributed by atoms with Gasteiger partial charge in [0.05, 0.1) is 11.4 Å². The topological polar surface area (TPSA) is 41.3 Å². The summed E-state index contributed by atoms with van der Waals surface area (Å²) < 4.78 is 2.53. The van der Waals surface area contributed by atoms with E-state index in [1.807, 2.05) is 26.5 Å². The van der Waals surface area contributed by atoms with E-state index in [-0.39, 0.29) is 5.25 Å². The Hall–Kier alpha value is -0.590. The lowest BCUT2D eigenvalue weighted by atomic mass is 10.2. The first-order valence-electron chi connectivity index (χ1n) is 4.67. The van der Waals surface area contributed by atoms with Crippen molar-refractivity contribution in [1.82, 2.24) is 14.7 Å². The first-order chi connectivity index (χ1) is 7.08. The lowest BCUT2D eigenvalue weighted by molar-refractivity contribution is 0.0771. The molecule has 0 bridgehead atoms. The highest BCUT2D eigenvalue weighted by molar-refractivity contribution is 8.23. The molecule has 15 heavy (non-hydrogen) atoms. The predicted octanol–water partition coefficient (Wildman–Crippen LogP) is 0.613. The summed E-state index contributed by atoms with van der Waals surface area (Å²) in [7, 11) is 3.71. The van der Waals surface area contributed by atoms with Crippen molar-refractivity contribution in [1.29, 1.82) is 0 Å². The number of thioether (sulfide) groups is 1. The van der Waals surface area contributed by atoms with Crippen molar-refractivity contribution in [3.63, 3.8) is 0 Å². The smallest absolute Gasteiger partial charge is 0.140 e. The third-order valence-corrected chi connectivity index (χ3v) is 4.24. The Bertz CT molecular complexity index is 379. The van der Waals surface area contributed by atoms with E-state index in [1.54, 1.807) is 21.3 Å². The first kappa shape index (κ1) is 10.9. The van der Waals surface area contributed by atoms with E-state index >= 15 is 0 Å². The molecule has 0 saturated carbocycles. The van der Waals surface area contributed by atoms with E-state index in [2.05, 4.69) is 5.10 Å². The van der Waals surface area contributed by atoms with Crippen LogP contribution < -0.4 is 0 Å². The molecule has 0 unspecified atom stereocenters. The van der Waals surface area contributed by atoms with Crippen LogP contribution in [0.25, 0.3) is 0 Å². The number of thiocarbonyl (C=S) groups is 1. The minimum absolute atomic E-state index is 0.117. The number of rotatable bonds is 2. The summed E-state index contributed by atoms with van der Waals surface area (Å²) in [5, 5.41) is 14.1. The van der Waals surface area contributed by atoms with Crippen LogP contribution in [0.2, 0.25) is 0 Å². The van der Waals surface area contributed by atoms with Crippen molar-refractivity contribution in [3.05, 3.63) is 18.0 Å². The molecule has 2 atom stereocenters. The van der Waals surface area contributed by atoms with Gasteiger partial charge >= 0.3 is 0 Å². The summed E-state index contributed by atoms with van der Waals surface area (Å²) in [6.45, 7) is 0. The maximum absolute atomic E-state index is 9.89. The molecule has 1 saturated heterocycles. The van der Waals surface area contributed by atoms with Gasteiger partial charge in [0.25, 0.3) is 0 Å². The average molecular weight is 243 g/mol. The molecule has 0 aliphatic carbocycles. The van der Waals surface area contributed by atoms with Crippen LogP contribution in [0.5, 0.6) is 0 Å². The first-order valence-corrected chi connectivity index (χ1v) is 5.96. The summed E-state index contributed by atoms with van der Waals surface area (Å²) in [6.07, 6.45) is 4.11. The molecule has 0 amide bonds. The number of hydrogen-bond donors (Lipinski definition) is 1. The van der Waals surface area contributed by atoms with Gasteiger partial charge in [-0.2, -0.15) is 5.10 Å². The zero-order valence-corrected chi connectivity index (χ0v) is 10.3. The molecule has 1 aliphatic rings. The molecule has 6 heteroatoms. The van der Waals surface area contributed by atoms with E-state index in [9.17, 15) is 5.11 Å². The maximum Gasteiger partial charge on any atom is 0.140 e. The summed E-state index contributed by atoms with van der Waals surface area (Å²) in [5.41, 5.74) is 1.13. The summed E-state index contributed by atoms with van der Waals surface area (Å²) >= 11 is 6.68. The fourth-order valence-corrected chi connectivity index (χ4v) is 3.18. The molecule has 1 aromatic heterocycles. The Balaban J connectivity index is 2.04. The second kappa shape index (κ2) is 4.11. The van der Waals surface area contributed by atoms with Crippen LogP contribution in [0.4, 0.5) is 0 Å². The third kappa shape index (κ3) is 2.16. The highest BCUT2D eigenvalue weighted by atomic mass is 32.2. The molecule has 0 radical (unpaired) electrons. The Labute approximate surface area is 98.3 Å². The number of aliphatic hydroxyl groups is 1. The van der Waals surface area contributed by atoms with E-state index < -0.39 is 6.23 Å². The van der Waals surface area contributed by atoms with Crippen LogP contribution >= 0.6 is 24.0 Å². The molecular formula is C9H13N3OS2. The summed E-state index contributed by atoms with van der Waals surface area (Å²) in [6, 6.07) is 0. The third-order valence-electron chi connectivity index (χ3n) is 2.46. The standard InChI is InChI=1S/C9H13N3OS2/c1-11-5-6(4-10-11)3-7-8(13)12(2)9(14)15-7/h4-5,7-8,13H,3H2,1-2H3/t7-,8+/m0/s1. The van der Waals surface area contributed by atoms with Gasteiger partial charge in [0, 0.05) is 20.3 Å². The number of aryl methyl sites for hydroxylation is 1. The van der Waals surface area contributed by atoms with Crippen LogP contribution in [0.1, 0.15) is 5.56 Å². The van der Waals surface area contributed by atoms with Crippen LogP contribution in [-0.4, -0.2) is 42.6 Å². The lowest BCUT2D eigenvalue weighted by Gasteiger charge is -2.17. The molecule has 4 nitrogen and oxygen atoms in total. The monoisotopic (exact) mass is 243 g/mol. The Kier molecular flexibility index (Phi) is 2.99. The molecular weight excluding hydrogens is 230 g/mol. The second-order valence-corrected chi connectivity index (χ2v) is 5.55. The van der Waals surface area contributed by atoms with Gasteiger partial charge in [0.2, 0.25) is 0 Å². The molecule has 2 rings (SSSR count). The normalized spacial score (nSPS) is 26.3. The SMILES string of the molecule is CN1C(=S)S[C@@H](Cc2cnn(C)c2)[C@H]1O. The van der Waals surface area contributed by atoms with Gasteiger partial charge in [-0.3, -0.25) is 4.68 Å². The van der Waals surface area contributed by atoms with Gasteiger partial charge < -0.3 is 10.0 Å². The second-order valence-electron chi connectivity index (χ2n) is 3.67. The quantitative estimate of drug-likeness (QED) is 0.771. The fraction of sp³-hybridized carbons (Fsp3) is 0.556. The van der Waals surface area contributed by atoms with E-state index in [4.69, 9.17) is 12.2 Å². The van der Waals surface area contributed by atoms with Crippen molar-refractivity contribution < 1.29 is 5.11 Å². The number of nitrogens with zero attached hydrogens (tertiary/aromatic N) is 3. The Morgan fingerprint density at radius 2 is 2.33 bits per heavy atom. The zero-order chi connectivity index (χ0) is 11.0. The van der Waals surface area contributed by atoms with Crippen molar-refractivity contribution in [2.75, 3.05) is 7.05 Å². The van der Waals surface area contributed by atoms with E-state index in [0.29, 0.717) is 0 Å². The van der Waals surface area contributed by atoms with Gasteiger partial charge in [-0.25, -0.2) is 0 Å². The van der Waals surface area contributed by atoms with Gasteiger partial charge in [-0.15, -0.1) is 0 Å². The summed E-state index contributed by atoms with van der Waals surface area (Å²) in [4.78, 5) is 1.74. The van der Waals surface area contributed by atoms with Crippen molar-refractivity contribution in [2.45, 2.75) is 17.9 Å². The predicted molar refractivity (Wildman–Crippen MR) is 64.7 cm³/mol. The van der Waals surface area contributed by atoms with Gasteiger partial charge in [-0.05, 0) is 12.0 Å². The molecule has 1 N–H and O–H groups in total. The Morgan fingerprint density at radius 1 is 1.60 bits per heavy atom. The minimum atomic E-state index is -0.484. The zero-order valence-electron chi connectivity index (χ0n) is 8.62. The highest BCUT2D eigenvalue weighted by Crippen LogP contribution is 2.31. The van der Waals surface area contributed by atoms with Gasteiger partial charge in [0.15, 0.2) is 0 Å². The molecule has 2 heterocycles. The van der Waals surface area contributed by atoms with Crippen molar-refractivity contribution in [3.8, 4) is 0 Å². The van der Waals surface area contributed by atoms with Gasteiger partial charge in [0.1, 0.15) is 10.5 Å². The minimum Gasteiger partial charge on any atom is -0.372 e. The van der Waals surface area contributed by atoms with Crippen LogP contribution in [0.3, 0.4) is 0 Å². The maximum atomic E-state index is 9.89. The number of aliphatic hydroxyl groups excluding tert-OH is 1. The molecule has 1 fully saturated rings. The lowest BCUT2D eigenvalue weighted by Crippen LogP contribution is -2.33. The van der Waals surface area contributed by atoms with Crippen LogP contribution in [0.15, 0.2) is 12.4 Å². The van der Waals surface area contributed by atoms with Crippen molar-refractivity contribution in [2.24, 2.45) is 7.05 Å². The number of hydrogen-bond acceptors (Lipinski definition) is 4. The largest absolute Gasteiger partial charge is 0.372 e. The van der Waals surface area contributed by atoms with E-state index in [1.165, 1.54) is 0 Å². The average Bonchev–Trinajstić information content (AvgIpc) is 2.68. The van der Waals surface area contributed by atoms with Gasteiger partial charge in [-0.1, -0.05) is 24.0 Å². The molecule has 0 aromatic carbocycles. The molecule has 1 aromatic rings. The molecule has 82 valence electrons.